The quantitative estimate of drug-likeness (QED) is 0.263. The van der Waals surface area contributed by atoms with Gasteiger partial charge in [-0.05, 0) is 43.7 Å². The summed E-state index contributed by atoms with van der Waals surface area (Å²) < 4.78 is 0. The summed E-state index contributed by atoms with van der Waals surface area (Å²) in [7, 11) is 0. The second kappa shape index (κ2) is 11.0. The summed E-state index contributed by atoms with van der Waals surface area (Å²) in [6.45, 7) is 3.92. The minimum absolute atomic E-state index is 0.0759. The first-order valence-corrected chi connectivity index (χ1v) is 12.6. The van der Waals surface area contributed by atoms with E-state index < -0.39 is 0 Å². The van der Waals surface area contributed by atoms with Gasteiger partial charge in [0.25, 0.3) is 0 Å². The molecule has 0 unspecified atom stereocenters. The van der Waals surface area contributed by atoms with Gasteiger partial charge in [0.05, 0.1) is 17.0 Å². The molecule has 1 N–H and O–H groups in total. The van der Waals surface area contributed by atoms with E-state index in [-0.39, 0.29) is 11.7 Å². The largest absolute Gasteiger partial charge is 0.325 e. The van der Waals surface area contributed by atoms with Crippen molar-refractivity contribution >= 4 is 46.6 Å². The number of pyridine rings is 1. The highest BCUT2D eigenvalue weighted by atomic mass is 35.5. The van der Waals surface area contributed by atoms with Gasteiger partial charge in [-0.3, -0.25) is 4.79 Å². The molecule has 0 aliphatic rings. The summed E-state index contributed by atoms with van der Waals surface area (Å²) in [6, 6.07) is 24.9. The van der Waals surface area contributed by atoms with Crippen molar-refractivity contribution in [3.63, 3.8) is 0 Å². The number of carbonyl (C=O) groups excluding carboxylic acids is 1. The summed E-state index contributed by atoms with van der Waals surface area (Å²) in [6.07, 6.45) is 0. The Kier molecular flexibility index (Phi) is 7.77. The maximum absolute atomic E-state index is 12.7. The fourth-order valence-electron chi connectivity index (χ4n) is 3.50. The van der Waals surface area contributed by atoms with E-state index in [2.05, 4.69) is 11.4 Å². The average Bonchev–Trinajstić information content (AvgIpc) is 2.85. The second-order valence-electron chi connectivity index (χ2n) is 7.99. The van der Waals surface area contributed by atoms with Crippen LogP contribution in [0.15, 0.2) is 77.8 Å². The molecule has 3 aromatic carbocycles. The van der Waals surface area contributed by atoms with E-state index in [4.69, 9.17) is 28.2 Å². The second-order valence-corrected chi connectivity index (χ2v) is 9.77. The van der Waals surface area contributed by atoms with Gasteiger partial charge in [-0.2, -0.15) is 5.26 Å². The molecule has 0 aliphatic heterocycles. The van der Waals surface area contributed by atoms with E-state index in [9.17, 15) is 10.1 Å². The van der Waals surface area contributed by atoms with Gasteiger partial charge in [0, 0.05) is 32.4 Å². The molecule has 4 aromatic rings. The minimum Gasteiger partial charge on any atom is -0.325 e. The number of nitriles is 1. The minimum atomic E-state index is -0.222. The van der Waals surface area contributed by atoms with Crippen LogP contribution in [0.25, 0.3) is 22.4 Å². The van der Waals surface area contributed by atoms with Crippen LogP contribution in [-0.2, 0) is 4.79 Å². The third-order valence-corrected chi connectivity index (χ3v) is 7.12. The van der Waals surface area contributed by atoms with Gasteiger partial charge in [-0.15, -0.1) is 0 Å². The number of aryl methyl sites for hydroxylation is 2. The van der Waals surface area contributed by atoms with E-state index >= 15 is 0 Å². The van der Waals surface area contributed by atoms with Crippen molar-refractivity contribution in [2.24, 2.45) is 0 Å². The SMILES string of the molecule is Cc1ccc(-c2cc(-c3ccccc3Cl)c(C#N)c(SCC(=O)Nc3ccc(C)c(Cl)c3)n2)cc1. The molecule has 4 rings (SSSR count). The molecule has 1 heterocycles. The van der Waals surface area contributed by atoms with Crippen LogP contribution in [0.1, 0.15) is 16.7 Å². The molecule has 7 heteroatoms. The number of rotatable bonds is 6. The Morgan fingerprint density at radius 1 is 0.971 bits per heavy atom. The lowest BCUT2D eigenvalue weighted by Gasteiger charge is -2.14. The van der Waals surface area contributed by atoms with Gasteiger partial charge in [-0.1, -0.05) is 89.1 Å². The Balaban J connectivity index is 1.70. The van der Waals surface area contributed by atoms with Gasteiger partial charge in [0.15, 0.2) is 0 Å². The molecule has 35 heavy (non-hydrogen) atoms. The lowest BCUT2D eigenvalue weighted by molar-refractivity contribution is -0.113. The highest BCUT2D eigenvalue weighted by Gasteiger charge is 2.18. The van der Waals surface area contributed by atoms with Gasteiger partial charge in [0.2, 0.25) is 5.91 Å². The summed E-state index contributed by atoms with van der Waals surface area (Å²) in [5.74, 6) is -0.146. The number of amides is 1. The maximum atomic E-state index is 12.7. The van der Waals surface area contributed by atoms with Crippen LogP contribution in [0.3, 0.4) is 0 Å². The molecule has 0 fully saturated rings. The van der Waals surface area contributed by atoms with Crippen LogP contribution in [0.5, 0.6) is 0 Å². The molecule has 0 spiro atoms. The Morgan fingerprint density at radius 2 is 1.71 bits per heavy atom. The first kappa shape index (κ1) is 24.8. The number of halogens is 2. The van der Waals surface area contributed by atoms with Crippen LogP contribution in [-0.4, -0.2) is 16.6 Å². The summed E-state index contributed by atoms with van der Waals surface area (Å²) in [5.41, 5.74) is 6.09. The fourth-order valence-corrected chi connectivity index (χ4v) is 4.72. The van der Waals surface area contributed by atoms with E-state index in [0.717, 1.165) is 22.3 Å². The van der Waals surface area contributed by atoms with Crippen LogP contribution in [0, 0.1) is 25.2 Å². The van der Waals surface area contributed by atoms with E-state index in [1.165, 1.54) is 11.8 Å². The first-order chi connectivity index (χ1) is 16.9. The Hall–Kier alpha value is -3.30. The lowest BCUT2D eigenvalue weighted by Crippen LogP contribution is -2.14. The summed E-state index contributed by atoms with van der Waals surface area (Å²) in [4.78, 5) is 17.4. The number of benzene rings is 3. The molecular formula is C28H21Cl2N3OS. The lowest BCUT2D eigenvalue weighted by atomic mass is 9.99. The zero-order valence-electron chi connectivity index (χ0n) is 19.1. The van der Waals surface area contributed by atoms with Gasteiger partial charge < -0.3 is 5.32 Å². The van der Waals surface area contributed by atoms with Crippen molar-refractivity contribution in [2.45, 2.75) is 18.9 Å². The van der Waals surface area contributed by atoms with Gasteiger partial charge in [-0.25, -0.2) is 4.98 Å². The molecule has 0 atom stereocenters. The molecular weight excluding hydrogens is 497 g/mol. The molecule has 0 aliphatic carbocycles. The zero-order valence-corrected chi connectivity index (χ0v) is 21.4. The normalized spacial score (nSPS) is 10.6. The van der Waals surface area contributed by atoms with E-state index in [1.807, 2.05) is 68.4 Å². The van der Waals surface area contributed by atoms with Crippen LogP contribution < -0.4 is 5.32 Å². The van der Waals surface area contributed by atoms with Crippen molar-refractivity contribution in [3.8, 4) is 28.5 Å². The Labute approximate surface area is 218 Å². The zero-order chi connectivity index (χ0) is 24.9. The van der Waals surface area contributed by atoms with Crippen molar-refractivity contribution in [1.29, 1.82) is 5.26 Å². The number of hydrogen-bond donors (Lipinski definition) is 1. The van der Waals surface area contributed by atoms with E-state index in [0.29, 0.717) is 37.6 Å². The maximum Gasteiger partial charge on any atom is 0.234 e. The third kappa shape index (κ3) is 5.86. The number of carbonyl (C=O) groups is 1. The topological polar surface area (TPSA) is 65.8 Å². The van der Waals surface area contributed by atoms with Crippen LogP contribution in [0.2, 0.25) is 10.0 Å². The highest BCUT2D eigenvalue weighted by molar-refractivity contribution is 8.00. The number of thioether (sulfide) groups is 1. The molecule has 0 radical (unpaired) electrons. The Bertz CT molecular complexity index is 1450. The Morgan fingerprint density at radius 3 is 2.40 bits per heavy atom. The summed E-state index contributed by atoms with van der Waals surface area (Å²) >= 11 is 13.9. The van der Waals surface area contributed by atoms with Crippen molar-refractivity contribution in [3.05, 3.63) is 99.5 Å². The van der Waals surface area contributed by atoms with Crippen molar-refractivity contribution in [1.82, 2.24) is 4.98 Å². The molecule has 0 saturated heterocycles. The monoisotopic (exact) mass is 517 g/mol. The highest BCUT2D eigenvalue weighted by Crippen LogP contribution is 2.37. The smallest absolute Gasteiger partial charge is 0.234 e. The van der Waals surface area contributed by atoms with Crippen molar-refractivity contribution in [2.75, 3.05) is 11.1 Å². The molecule has 174 valence electrons. The van der Waals surface area contributed by atoms with Crippen LogP contribution in [0.4, 0.5) is 5.69 Å². The number of nitrogens with zero attached hydrogens (tertiary/aromatic N) is 2. The first-order valence-electron chi connectivity index (χ1n) is 10.8. The molecule has 0 bridgehead atoms. The van der Waals surface area contributed by atoms with Crippen LogP contribution >= 0.6 is 35.0 Å². The predicted octanol–water partition coefficient (Wildman–Crippen LogP) is 7.94. The van der Waals surface area contributed by atoms with Crippen molar-refractivity contribution < 1.29 is 4.79 Å². The third-order valence-electron chi connectivity index (χ3n) is 5.40. The van der Waals surface area contributed by atoms with Gasteiger partial charge >= 0.3 is 0 Å². The fraction of sp³-hybridized carbons (Fsp3) is 0.107. The molecule has 4 nitrogen and oxygen atoms in total. The number of hydrogen-bond acceptors (Lipinski definition) is 4. The van der Waals surface area contributed by atoms with Gasteiger partial charge in [0.1, 0.15) is 11.1 Å². The van der Waals surface area contributed by atoms with E-state index in [1.54, 1.807) is 18.2 Å². The number of nitrogens with one attached hydrogen (secondary N) is 1. The summed E-state index contributed by atoms with van der Waals surface area (Å²) in [5, 5.41) is 14.5. The average molecular weight is 518 g/mol. The molecule has 0 saturated carbocycles. The predicted molar refractivity (Wildman–Crippen MR) is 145 cm³/mol. The molecule has 1 aromatic heterocycles. The molecule has 1 amide bonds. The number of aromatic nitrogens is 1. The standard InChI is InChI=1S/C28H21Cl2N3OS/c1-17-7-10-19(11-8-17)26-14-22(21-5-3-4-6-24(21)29)23(15-31)28(33-26)35-16-27(34)32-20-12-9-18(2)25(30)13-20/h3-14H,16H2,1-2H3,(H,32,34). The number of anilines is 1.